The van der Waals surface area contributed by atoms with Gasteiger partial charge < -0.3 is 14.2 Å². The van der Waals surface area contributed by atoms with Gasteiger partial charge in [-0.25, -0.2) is 0 Å². The molecule has 0 amide bonds. The summed E-state index contributed by atoms with van der Waals surface area (Å²) in [4.78, 5) is 38.1. The molecule has 0 rings (SSSR count). The summed E-state index contributed by atoms with van der Waals surface area (Å²) in [5.41, 5.74) is 0. The van der Waals surface area contributed by atoms with E-state index in [9.17, 15) is 14.4 Å². The maximum absolute atomic E-state index is 12.8. The van der Waals surface area contributed by atoms with Crippen LogP contribution in [-0.4, -0.2) is 37.2 Å². The molecule has 0 aromatic rings. The van der Waals surface area contributed by atoms with E-state index in [1.54, 1.807) is 0 Å². The van der Waals surface area contributed by atoms with Crippen molar-refractivity contribution >= 4 is 17.9 Å². The molecule has 1 unspecified atom stereocenters. The number of rotatable bonds is 53. The molecular weight excluding hydrogens is 853 g/mol. The van der Waals surface area contributed by atoms with E-state index >= 15 is 0 Å². The normalized spacial score (nSPS) is 12.6. The largest absolute Gasteiger partial charge is 0.462 e. The second-order valence-electron chi connectivity index (χ2n) is 19.5. The Balaban J connectivity index is 4.34. The number of ether oxygens (including phenoxy) is 3. The lowest BCUT2D eigenvalue weighted by Crippen LogP contribution is -2.30. The number of carbonyl (C=O) groups is 3. The lowest BCUT2D eigenvalue weighted by molar-refractivity contribution is -0.166. The van der Waals surface area contributed by atoms with Crippen LogP contribution in [0.2, 0.25) is 0 Å². The maximum Gasteiger partial charge on any atom is 0.306 e. The zero-order chi connectivity index (χ0) is 50.0. The molecule has 0 heterocycles. The van der Waals surface area contributed by atoms with Gasteiger partial charge in [-0.1, -0.05) is 267 Å². The molecule has 0 aromatic carbocycles. The van der Waals surface area contributed by atoms with Crippen molar-refractivity contribution in [3.05, 3.63) is 72.9 Å². The van der Waals surface area contributed by atoms with Crippen LogP contribution in [0.15, 0.2) is 72.9 Å². The van der Waals surface area contributed by atoms with Gasteiger partial charge in [0.1, 0.15) is 13.2 Å². The first-order chi connectivity index (χ1) is 34.0. The van der Waals surface area contributed by atoms with E-state index in [0.29, 0.717) is 19.3 Å². The van der Waals surface area contributed by atoms with Crippen LogP contribution in [0.5, 0.6) is 0 Å². The second kappa shape index (κ2) is 57.4. The van der Waals surface area contributed by atoms with Crippen LogP contribution in [0.3, 0.4) is 0 Å². The van der Waals surface area contributed by atoms with Gasteiger partial charge in [-0.05, 0) is 77.0 Å². The molecule has 0 aliphatic rings. The van der Waals surface area contributed by atoms with E-state index in [1.807, 2.05) is 6.08 Å². The molecule has 0 aliphatic heterocycles. The third kappa shape index (κ3) is 55.6. The molecule has 398 valence electrons. The number of esters is 3. The van der Waals surface area contributed by atoms with E-state index in [2.05, 4.69) is 87.6 Å². The Morgan fingerprint density at radius 1 is 0.304 bits per heavy atom. The van der Waals surface area contributed by atoms with Crippen LogP contribution in [0, 0.1) is 0 Å². The summed E-state index contributed by atoms with van der Waals surface area (Å²) in [5, 5.41) is 0. The van der Waals surface area contributed by atoms with Crippen LogP contribution < -0.4 is 0 Å². The highest BCUT2D eigenvalue weighted by Crippen LogP contribution is 2.16. The molecule has 0 fully saturated rings. The minimum Gasteiger partial charge on any atom is -0.462 e. The van der Waals surface area contributed by atoms with Gasteiger partial charge in [-0.2, -0.15) is 0 Å². The topological polar surface area (TPSA) is 78.9 Å². The smallest absolute Gasteiger partial charge is 0.306 e. The molecule has 0 N–H and O–H groups in total. The van der Waals surface area contributed by atoms with E-state index in [4.69, 9.17) is 14.2 Å². The van der Waals surface area contributed by atoms with Gasteiger partial charge >= 0.3 is 17.9 Å². The predicted molar refractivity (Wildman–Crippen MR) is 298 cm³/mol. The Morgan fingerprint density at radius 2 is 0.594 bits per heavy atom. The van der Waals surface area contributed by atoms with E-state index in [-0.39, 0.29) is 37.5 Å². The van der Waals surface area contributed by atoms with Gasteiger partial charge in [0.2, 0.25) is 0 Å². The van der Waals surface area contributed by atoms with Crippen molar-refractivity contribution in [3.8, 4) is 0 Å². The van der Waals surface area contributed by atoms with E-state index in [0.717, 1.165) is 70.6 Å². The molecule has 0 radical (unpaired) electrons. The SMILES string of the molecule is CC/C=C\C/C=C\C/C=C\C/C=C\CCC(=O)OCC(COC(=O)CCCCCCCCCCCCC/C=C\C/C=C\CCCCCCC)OC(=O)CCCCCCCCCCCCCCCCC. The quantitative estimate of drug-likeness (QED) is 0.0262. The Hall–Kier alpha value is -3.15. The lowest BCUT2D eigenvalue weighted by atomic mass is 10.0. The van der Waals surface area contributed by atoms with Crippen molar-refractivity contribution in [2.24, 2.45) is 0 Å². The highest BCUT2D eigenvalue weighted by Gasteiger charge is 2.19. The van der Waals surface area contributed by atoms with Crippen molar-refractivity contribution < 1.29 is 28.6 Å². The van der Waals surface area contributed by atoms with E-state index < -0.39 is 6.10 Å². The summed E-state index contributed by atoms with van der Waals surface area (Å²) in [7, 11) is 0. The molecule has 0 saturated heterocycles. The molecule has 0 saturated carbocycles. The Labute approximate surface area is 427 Å². The highest BCUT2D eigenvalue weighted by molar-refractivity contribution is 5.71. The molecule has 6 nitrogen and oxygen atoms in total. The van der Waals surface area contributed by atoms with Gasteiger partial charge in [0.05, 0.1) is 0 Å². The average Bonchev–Trinajstić information content (AvgIpc) is 3.35. The average molecular weight is 964 g/mol. The number of hydrogen-bond donors (Lipinski definition) is 0. The first-order valence-corrected chi connectivity index (χ1v) is 29.4. The zero-order valence-corrected chi connectivity index (χ0v) is 45.6. The summed E-state index contributed by atoms with van der Waals surface area (Å²) in [5.74, 6) is -0.972. The molecule has 0 aliphatic carbocycles. The van der Waals surface area contributed by atoms with Crippen molar-refractivity contribution in [2.75, 3.05) is 13.2 Å². The van der Waals surface area contributed by atoms with Crippen LogP contribution >= 0.6 is 0 Å². The van der Waals surface area contributed by atoms with Crippen LogP contribution in [-0.2, 0) is 28.6 Å². The fourth-order valence-electron chi connectivity index (χ4n) is 8.31. The Morgan fingerprint density at radius 3 is 0.971 bits per heavy atom. The second-order valence-corrected chi connectivity index (χ2v) is 19.5. The molecule has 1 atom stereocenters. The van der Waals surface area contributed by atoms with Crippen molar-refractivity contribution in [2.45, 2.75) is 297 Å². The van der Waals surface area contributed by atoms with Crippen LogP contribution in [0.25, 0.3) is 0 Å². The van der Waals surface area contributed by atoms with Crippen molar-refractivity contribution in [1.29, 1.82) is 0 Å². The zero-order valence-electron chi connectivity index (χ0n) is 45.6. The fourth-order valence-corrected chi connectivity index (χ4v) is 8.31. The van der Waals surface area contributed by atoms with Crippen LogP contribution in [0.4, 0.5) is 0 Å². The third-order valence-electron chi connectivity index (χ3n) is 12.7. The van der Waals surface area contributed by atoms with Gasteiger partial charge in [0.25, 0.3) is 0 Å². The molecular formula is C63H110O6. The van der Waals surface area contributed by atoms with Gasteiger partial charge in [-0.3, -0.25) is 14.4 Å². The number of carbonyl (C=O) groups excluding carboxylic acids is 3. The van der Waals surface area contributed by atoms with Gasteiger partial charge in [0.15, 0.2) is 6.10 Å². The summed E-state index contributed by atoms with van der Waals surface area (Å²) in [6.07, 6.45) is 73.4. The third-order valence-corrected chi connectivity index (χ3v) is 12.7. The molecule has 0 aromatic heterocycles. The number of unbranched alkanes of at least 4 members (excludes halogenated alkanes) is 30. The summed E-state index contributed by atoms with van der Waals surface area (Å²) >= 11 is 0. The van der Waals surface area contributed by atoms with Crippen LogP contribution in [0.1, 0.15) is 290 Å². The lowest BCUT2D eigenvalue weighted by Gasteiger charge is -2.18. The number of allylic oxidation sites excluding steroid dienone is 12. The standard InChI is InChI=1S/C63H110O6/c1-4-7-10-13-16-19-22-25-27-28-29-30-31-32-33-34-36-38-41-44-47-50-53-56-62(65)68-59-60(58-67-61(64)55-52-49-46-43-40-37-24-21-18-15-12-9-6-3)69-63(66)57-54-51-48-45-42-39-35-26-23-20-17-14-11-8-5-2/h9,12,18,21-22,25,28-29,37,40,46,49,60H,4-8,10-11,13-17,19-20,23-24,26-27,30-36,38-39,41-45,47-48,50-59H2,1-3H3/b12-9-,21-18-,25-22-,29-28-,40-37-,49-46-. The predicted octanol–water partition coefficient (Wildman–Crippen LogP) is 19.8. The number of hydrogen-bond acceptors (Lipinski definition) is 6. The monoisotopic (exact) mass is 963 g/mol. The summed E-state index contributed by atoms with van der Waals surface area (Å²) in [6.45, 7) is 6.47. The first kappa shape index (κ1) is 65.8. The Bertz CT molecular complexity index is 1290. The van der Waals surface area contributed by atoms with Crippen molar-refractivity contribution in [3.63, 3.8) is 0 Å². The van der Waals surface area contributed by atoms with Gasteiger partial charge in [-0.15, -0.1) is 0 Å². The molecule has 69 heavy (non-hydrogen) atoms. The van der Waals surface area contributed by atoms with E-state index in [1.165, 1.54) is 173 Å². The van der Waals surface area contributed by atoms with Crippen molar-refractivity contribution in [1.82, 2.24) is 0 Å². The highest BCUT2D eigenvalue weighted by atomic mass is 16.6. The minimum absolute atomic E-state index is 0.0960. The molecule has 0 spiro atoms. The first-order valence-electron chi connectivity index (χ1n) is 29.4. The summed E-state index contributed by atoms with van der Waals surface area (Å²) in [6, 6.07) is 0. The maximum atomic E-state index is 12.8. The molecule has 0 bridgehead atoms. The molecule has 6 heteroatoms. The Kier molecular flexibility index (Phi) is 54.8. The fraction of sp³-hybridized carbons (Fsp3) is 0.762. The summed E-state index contributed by atoms with van der Waals surface area (Å²) < 4.78 is 16.8. The van der Waals surface area contributed by atoms with Gasteiger partial charge in [0, 0.05) is 19.3 Å². The minimum atomic E-state index is -0.803.